The van der Waals surface area contributed by atoms with E-state index in [-0.39, 0.29) is 18.2 Å². The van der Waals surface area contributed by atoms with Gasteiger partial charge in [0.2, 0.25) is 0 Å². The SMILES string of the molecule is CCc1c(-c2cccc(OC)c2F)c(-c2ccccc2)nn1CC1CCC(COCC(=O)O)CC1. The average molecular weight is 481 g/mol. The highest BCUT2D eigenvalue weighted by atomic mass is 19.1. The topological polar surface area (TPSA) is 73.6 Å². The van der Waals surface area contributed by atoms with Crippen molar-refractivity contribution in [1.29, 1.82) is 0 Å². The van der Waals surface area contributed by atoms with Crippen molar-refractivity contribution in [1.82, 2.24) is 9.78 Å². The zero-order chi connectivity index (χ0) is 24.8. The molecule has 7 heteroatoms. The van der Waals surface area contributed by atoms with E-state index in [1.165, 1.54) is 7.11 Å². The van der Waals surface area contributed by atoms with Gasteiger partial charge in [-0.25, -0.2) is 9.18 Å². The first kappa shape index (κ1) is 24.9. The molecule has 0 bridgehead atoms. The van der Waals surface area contributed by atoms with Crippen molar-refractivity contribution in [2.75, 3.05) is 20.3 Å². The van der Waals surface area contributed by atoms with E-state index in [1.807, 2.05) is 36.4 Å². The predicted molar refractivity (Wildman–Crippen MR) is 133 cm³/mol. The molecule has 3 aromatic rings. The summed E-state index contributed by atoms with van der Waals surface area (Å²) in [6.07, 6.45) is 4.82. The second-order valence-corrected chi connectivity index (χ2v) is 9.19. The lowest BCUT2D eigenvalue weighted by Crippen LogP contribution is -2.23. The first-order chi connectivity index (χ1) is 17.0. The van der Waals surface area contributed by atoms with Crippen molar-refractivity contribution in [3.63, 3.8) is 0 Å². The van der Waals surface area contributed by atoms with Crippen LogP contribution in [0.25, 0.3) is 22.4 Å². The normalized spacial score (nSPS) is 17.9. The summed E-state index contributed by atoms with van der Waals surface area (Å²) in [5, 5.41) is 13.8. The Kier molecular flexibility index (Phi) is 8.18. The van der Waals surface area contributed by atoms with Crippen molar-refractivity contribution in [3.8, 4) is 28.1 Å². The van der Waals surface area contributed by atoms with Crippen LogP contribution in [0, 0.1) is 17.7 Å². The van der Waals surface area contributed by atoms with Crippen molar-refractivity contribution in [3.05, 3.63) is 60.0 Å². The lowest BCUT2D eigenvalue weighted by molar-refractivity contribution is -0.142. The van der Waals surface area contributed by atoms with Crippen LogP contribution in [0.4, 0.5) is 4.39 Å². The lowest BCUT2D eigenvalue weighted by Gasteiger charge is -2.28. The molecular weight excluding hydrogens is 447 g/mol. The number of carbonyl (C=O) groups is 1. The minimum Gasteiger partial charge on any atom is -0.494 e. The summed E-state index contributed by atoms with van der Waals surface area (Å²) in [7, 11) is 1.48. The van der Waals surface area contributed by atoms with Gasteiger partial charge in [0.1, 0.15) is 12.3 Å². The fraction of sp³-hybridized carbons (Fsp3) is 0.429. The highest BCUT2D eigenvalue weighted by molar-refractivity contribution is 5.83. The molecule has 1 heterocycles. The average Bonchev–Trinajstić information content (AvgIpc) is 3.23. The van der Waals surface area contributed by atoms with Crippen molar-refractivity contribution >= 4 is 5.97 Å². The number of aliphatic carboxylic acids is 1. The molecule has 186 valence electrons. The van der Waals surface area contributed by atoms with Gasteiger partial charge in [0, 0.05) is 28.9 Å². The maximum atomic E-state index is 15.4. The Balaban J connectivity index is 1.61. The Morgan fingerprint density at radius 1 is 1.09 bits per heavy atom. The third kappa shape index (κ3) is 5.73. The number of benzene rings is 2. The highest BCUT2D eigenvalue weighted by Gasteiger charge is 2.27. The zero-order valence-electron chi connectivity index (χ0n) is 20.4. The van der Waals surface area contributed by atoms with E-state index in [4.69, 9.17) is 19.7 Å². The smallest absolute Gasteiger partial charge is 0.329 e. The van der Waals surface area contributed by atoms with Gasteiger partial charge >= 0.3 is 5.97 Å². The van der Waals surface area contributed by atoms with Gasteiger partial charge in [-0.05, 0) is 50.0 Å². The van der Waals surface area contributed by atoms with E-state index >= 15 is 4.39 Å². The molecule has 0 atom stereocenters. The molecule has 1 saturated carbocycles. The van der Waals surface area contributed by atoms with Gasteiger partial charge in [-0.1, -0.05) is 49.4 Å². The summed E-state index contributed by atoms with van der Waals surface area (Å²) in [5.41, 5.74) is 4.09. The summed E-state index contributed by atoms with van der Waals surface area (Å²) in [6.45, 7) is 3.12. The van der Waals surface area contributed by atoms with Crippen LogP contribution in [0.3, 0.4) is 0 Å². The molecule has 2 aromatic carbocycles. The van der Waals surface area contributed by atoms with Crippen LogP contribution in [-0.2, 0) is 22.5 Å². The van der Waals surface area contributed by atoms with E-state index in [9.17, 15) is 4.79 Å². The van der Waals surface area contributed by atoms with Gasteiger partial charge in [-0.2, -0.15) is 5.10 Å². The summed E-state index contributed by atoms with van der Waals surface area (Å²) in [4.78, 5) is 10.7. The van der Waals surface area contributed by atoms with Gasteiger partial charge in [-0.3, -0.25) is 4.68 Å². The number of rotatable bonds is 10. The van der Waals surface area contributed by atoms with Crippen LogP contribution >= 0.6 is 0 Å². The Morgan fingerprint density at radius 2 is 1.80 bits per heavy atom. The molecular formula is C28H33FN2O4. The minimum absolute atomic E-state index is 0.222. The fourth-order valence-electron chi connectivity index (χ4n) is 5.09. The van der Waals surface area contributed by atoms with E-state index in [1.54, 1.807) is 12.1 Å². The van der Waals surface area contributed by atoms with Crippen molar-refractivity contribution < 1.29 is 23.8 Å². The van der Waals surface area contributed by atoms with E-state index in [2.05, 4.69) is 11.6 Å². The highest BCUT2D eigenvalue weighted by Crippen LogP contribution is 2.39. The molecule has 0 amide bonds. The molecule has 0 unspecified atom stereocenters. The molecule has 1 aliphatic rings. The van der Waals surface area contributed by atoms with Crippen molar-refractivity contribution in [2.24, 2.45) is 11.8 Å². The monoisotopic (exact) mass is 480 g/mol. The fourth-order valence-corrected chi connectivity index (χ4v) is 5.09. The minimum atomic E-state index is -0.929. The first-order valence-corrected chi connectivity index (χ1v) is 12.3. The number of nitrogens with zero attached hydrogens (tertiary/aromatic N) is 2. The molecule has 0 saturated heterocycles. The van der Waals surface area contributed by atoms with Gasteiger partial charge < -0.3 is 14.6 Å². The Labute approximate surface area is 205 Å². The maximum absolute atomic E-state index is 15.4. The van der Waals surface area contributed by atoms with Gasteiger partial charge in [-0.15, -0.1) is 0 Å². The maximum Gasteiger partial charge on any atom is 0.329 e. The molecule has 4 rings (SSSR count). The third-order valence-corrected chi connectivity index (χ3v) is 6.87. The number of carboxylic acids is 1. The number of carboxylic acid groups (broad SMARTS) is 1. The standard InChI is InChI=1S/C28H33FN2O4/c1-3-23-26(22-10-7-11-24(34-2)27(22)29)28(21-8-5-4-6-9-21)30-31(23)16-19-12-14-20(15-13-19)17-35-18-25(32)33/h4-11,19-20H,3,12-18H2,1-2H3,(H,32,33). The quantitative estimate of drug-likeness (QED) is 0.395. The molecule has 0 radical (unpaired) electrons. The zero-order valence-corrected chi connectivity index (χ0v) is 20.4. The lowest BCUT2D eigenvalue weighted by atomic mass is 9.82. The number of halogens is 1. The number of ether oxygens (including phenoxy) is 2. The van der Waals surface area contributed by atoms with Crippen LogP contribution in [-0.4, -0.2) is 41.2 Å². The molecule has 0 spiro atoms. The number of methoxy groups -OCH3 is 1. The second-order valence-electron chi connectivity index (χ2n) is 9.19. The number of hydrogen-bond donors (Lipinski definition) is 1. The Bertz CT molecular complexity index is 1140. The first-order valence-electron chi connectivity index (χ1n) is 12.3. The largest absolute Gasteiger partial charge is 0.494 e. The molecule has 1 aliphatic carbocycles. The van der Waals surface area contributed by atoms with Gasteiger partial charge in [0.25, 0.3) is 0 Å². The summed E-state index contributed by atoms with van der Waals surface area (Å²) in [5.74, 6) is -0.220. The van der Waals surface area contributed by atoms with E-state index in [0.29, 0.717) is 24.0 Å². The summed E-state index contributed by atoms with van der Waals surface area (Å²) in [6, 6.07) is 15.2. The molecule has 1 aromatic heterocycles. The van der Waals surface area contributed by atoms with Crippen LogP contribution < -0.4 is 4.74 Å². The van der Waals surface area contributed by atoms with Crippen molar-refractivity contribution in [2.45, 2.75) is 45.6 Å². The molecule has 0 aliphatic heterocycles. The Hall–Kier alpha value is -3.19. The molecule has 1 fully saturated rings. The van der Waals surface area contributed by atoms with Crippen LogP contribution in [0.5, 0.6) is 5.75 Å². The van der Waals surface area contributed by atoms with E-state index < -0.39 is 5.97 Å². The van der Waals surface area contributed by atoms with Crippen LogP contribution in [0.1, 0.15) is 38.3 Å². The number of aromatic nitrogens is 2. The van der Waals surface area contributed by atoms with Crippen LogP contribution in [0.15, 0.2) is 48.5 Å². The second kappa shape index (κ2) is 11.5. The Morgan fingerprint density at radius 3 is 2.46 bits per heavy atom. The summed E-state index contributed by atoms with van der Waals surface area (Å²) < 4.78 is 28.1. The predicted octanol–water partition coefficient (Wildman–Crippen LogP) is 5.83. The van der Waals surface area contributed by atoms with Gasteiger partial charge in [0.05, 0.1) is 13.7 Å². The summed E-state index contributed by atoms with van der Waals surface area (Å²) >= 11 is 0. The van der Waals surface area contributed by atoms with E-state index in [0.717, 1.165) is 61.2 Å². The molecule has 35 heavy (non-hydrogen) atoms. The van der Waals surface area contributed by atoms with Gasteiger partial charge in [0.15, 0.2) is 11.6 Å². The third-order valence-electron chi connectivity index (χ3n) is 6.87. The molecule has 1 N–H and O–H groups in total. The molecule has 6 nitrogen and oxygen atoms in total. The number of hydrogen-bond acceptors (Lipinski definition) is 4. The van der Waals surface area contributed by atoms with Crippen LogP contribution in [0.2, 0.25) is 0 Å².